The lowest BCUT2D eigenvalue weighted by atomic mass is 10.0. The molecule has 3 aromatic carbocycles. The Morgan fingerprint density at radius 1 is 0.897 bits per heavy atom. The quantitative estimate of drug-likeness (QED) is 0.704. The number of piperazine rings is 1. The number of carbonyl (C=O) groups is 1. The van der Waals surface area contributed by atoms with Gasteiger partial charge in [0.25, 0.3) is 0 Å². The molecule has 0 aromatic heterocycles. The molecule has 29 heavy (non-hydrogen) atoms. The van der Waals surface area contributed by atoms with Gasteiger partial charge in [0.05, 0.1) is 6.42 Å². The Balaban J connectivity index is 1.33. The SMILES string of the molecule is CN1CCN(Cc2cccc(CNC(=O)Cc3cccc4ccccc34)c2)CC1. The second kappa shape index (κ2) is 9.21. The van der Waals surface area contributed by atoms with E-state index in [1.54, 1.807) is 0 Å². The summed E-state index contributed by atoms with van der Waals surface area (Å²) >= 11 is 0. The maximum absolute atomic E-state index is 12.5. The summed E-state index contributed by atoms with van der Waals surface area (Å²) in [5.41, 5.74) is 3.54. The first-order valence-corrected chi connectivity index (χ1v) is 10.4. The van der Waals surface area contributed by atoms with Gasteiger partial charge in [0, 0.05) is 39.3 Å². The molecule has 1 saturated heterocycles. The highest BCUT2D eigenvalue weighted by Crippen LogP contribution is 2.19. The molecule has 3 aromatic rings. The van der Waals surface area contributed by atoms with Crippen LogP contribution in [-0.2, 0) is 24.3 Å². The van der Waals surface area contributed by atoms with Crippen LogP contribution in [0.1, 0.15) is 16.7 Å². The van der Waals surface area contributed by atoms with Gasteiger partial charge in [-0.1, -0.05) is 66.7 Å². The van der Waals surface area contributed by atoms with E-state index in [9.17, 15) is 4.79 Å². The van der Waals surface area contributed by atoms with E-state index in [-0.39, 0.29) is 5.91 Å². The third kappa shape index (κ3) is 5.22. The fourth-order valence-electron chi connectivity index (χ4n) is 3.98. The summed E-state index contributed by atoms with van der Waals surface area (Å²) in [4.78, 5) is 17.4. The van der Waals surface area contributed by atoms with Gasteiger partial charge in [-0.05, 0) is 34.5 Å². The molecule has 4 nitrogen and oxygen atoms in total. The normalized spacial score (nSPS) is 15.5. The molecule has 150 valence electrons. The molecule has 1 aliphatic heterocycles. The molecule has 0 saturated carbocycles. The van der Waals surface area contributed by atoms with Crippen molar-refractivity contribution in [3.8, 4) is 0 Å². The van der Waals surface area contributed by atoms with Gasteiger partial charge in [-0.3, -0.25) is 9.69 Å². The molecule has 4 heteroatoms. The van der Waals surface area contributed by atoms with Crippen molar-refractivity contribution >= 4 is 16.7 Å². The number of hydrogen-bond donors (Lipinski definition) is 1. The molecule has 1 heterocycles. The summed E-state index contributed by atoms with van der Waals surface area (Å²) in [6, 6.07) is 23.0. The van der Waals surface area contributed by atoms with Crippen LogP contribution in [0, 0.1) is 0 Å². The summed E-state index contributed by atoms with van der Waals surface area (Å²) in [6.07, 6.45) is 0.405. The number of benzene rings is 3. The molecule has 0 spiro atoms. The Hall–Kier alpha value is -2.69. The van der Waals surface area contributed by atoms with Crippen molar-refractivity contribution in [2.75, 3.05) is 33.2 Å². The Morgan fingerprint density at radius 2 is 1.62 bits per heavy atom. The van der Waals surface area contributed by atoms with Gasteiger partial charge in [-0.25, -0.2) is 0 Å². The van der Waals surface area contributed by atoms with Crippen molar-refractivity contribution in [3.05, 3.63) is 83.4 Å². The first-order valence-electron chi connectivity index (χ1n) is 10.4. The third-order valence-electron chi connectivity index (χ3n) is 5.71. The number of rotatable bonds is 6. The number of nitrogens with zero attached hydrogens (tertiary/aromatic N) is 2. The van der Waals surface area contributed by atoms with Crippen LogP contribution in [0.3, 0.4) is 0 Å². The van der Waals surface area contributed by atoms with Gasteiger partial charge in [-0.2, -0.15) is 0 Å². The molecule has 1 amide bonds. The molecular weight excluding hydrogens is 358 g/mol. The van der Waals surface area contributed by atoms with Crippen molar-refractivity contribution in [1.82, 2.24) is 15.1 Å². The van der Waals surface area contributed by atoms with E-state index in [1.807, 2.05) is 24.3 Å². The van der Waals surface area contributed by atoms with Crippen LogP contribution in [-0.4, -0.2) is 48.9 Å². The Morgan fingerprint density at radius 3 is 2.48 bits per heavy atom. The van der Waals surface area contributed by atoms with E-state index in [4.69, 9.17) is 0 Å². The van der Waals surface area contributed by atoms with Crippen LogP contribution in [0.2, 0.25) is 0 Å². The van der Waals surface area contributed by atoms with E-state index >= 15 is 0 Å². The summed E-state index contributed by atoms with van der Waals surface area (Å²) in [5.74, 6) is 0.0609. The lowest BCUT2D eigenvalue weighted by Gasteiger charge is -2.32. The number of amides is 1. The zero-order valence-corrected chi connectivity index (χ0v) is 17.1. The minimum atomic E-state index is 0.0609. The molecule has 0 aliphatic carbocycles. The van der Waals surface area contributed by atoms with E-state index in [2.05, 4.69) is 64.6 Å². The molecule has 0 bridgehead atoms. The maximum Gasteiger partial charge on any atom is 0.224 e. The zero-order valence-electron chi connectivity index (χ0n) is 17.1. The van der Waals surface area contributed by atoms with Crippen molar-refractivity contribution in [3.63, 3.8) is 0 Å². The Kier molecular flexibility index (Phi) is 6.23. The first-order chi connectivity index (χ1) is 14.2. The Labute approximate surface area is 173 Å². The van der Waals surface area contributed by atoms with E-state index in [0.717, 1.165) is 49.2 Å². The lowest BCUT2D eigenvalue weighted by Crippen LogP contribution is -2.43. The number of carbonyl (C=O) groups excluding carboxylic acids is 1. The number of nitrogens with one attached hydrogen (secondary N) is 1. The molecule has 1 fully saturated rings. The van der Waals surface area contributed by atoms with Gasteiger partial charge in [0.1, 0.15) is 0 Å². The lowest BCUT2D eigenvalue weighted by molar-refractivity contribution is -0.120. The molecule has 1 aliphatic rings. The summed E-state index contributed by atoms with van der Waals surface area (Å²) in [5, 5.41) is 5.42. The summed E-state index contributed by atoms with van der Waals surface area (Å²) in [7, 11) is 2.18. The minimum Gasteiger partial charge on any atom is -0.352 e. The maximum atomic E-state index is 12.5. The fraction of sp³-hybridized carbons (Fsp3) is 0.320. The van der Waals surface area contributed by atoms with Crippen LogP contribution < -0.4 is 5.32 Å². The van der Waals surface area contributed by atoms with Gasteiger partial charge in [0.2, 0.25) is 5.91 Å². The largest absolute Gasteiger partial charge is 0.352 e. The zero-order chi connectivity index (χ0) is 20.1. The number of likely N-dealkylation sites (N-methyl/N-ethyl adjacent to an activating group) is 1. The fourth-order valence-corrected chi connectivity index (χ4v) is 3.98. The summed E-state index contributed by atoms with van der Waals surface area (Å²) in [6.45, 7) is 6.03. The van der Waals surface area contributed by atoms with Crippen molar-refractivity contribution in [2.24, 2.45) is 0 Å². The van der Waals surface area contributed by atoms with Crippen LogP contribution >= 0.6 is 0 Å². The molecule has 4 rings (SSSR count). The number of hydrogen-bond acceptors (Lipinski definition) is 3. The molecule has 0 unspecified atom stereocenters. The third-order valence-corrected chi connectivity index (χ3v) is 5.71. The highest BCUT2D eigenvalue weighted by molar-refractivity contribution is 5.90. The first kappa shape index (κ1) is 19.6. The van der Waals surface area contributed by atoms with Gasteiger partial charge in [-0.15, -0.1) is 0 Å². The summed E-state index contributed by atoms with van der Waals surface area (Å²) < 4.78 is 0. The average molecular weight is 388 g/mol. The van der Waals surface area contributed by atoms with Crippen molar-refractivity contribution < 1.29 is 4.79 Å². The predicted molar refractivity (Wildman–Crippen MR) is 119 cm³/mol. The second-order valence-electron chi connectivity index (χ2n) is 7.99. The van der Waals surface area contributed by atoms with E-state index < -0.39 is 0 Å². The molecular formula is C25H29N3O. The average Bonchev–Trinajstić information content (AvgIpc) is 2.75. The van der Waals surface area contributed by atoms with E-state index in [0.29, 0.717) is 13.0 Å². The standard InChI is InChI=1S/C25H29N3O/c1-27-12-14-28(15-13-27)19-21-7-4-6-20(16-21)18-26-25(29)17-23-10-5-9-22-8-2-3-11-24(22)23/h2-11,16H,12-15,17-19H2,1H3,(H,26,29). The smallest absolute Gasteiger partial charge is 0.224 e. The van der Waals surface area contributed by atoms with Gasteiger partial charge >= 0.3 is 0 Å². The van der Waals surface area contributed by atoms with E-state index in [1.165, 1.54) is 10.9 Å². The number of fused-ring (bicyclic) bond motifs is 1. The van der Waals surface area contributed by atoms with Gasteiger partial charge in [0.15, 0.2) is 0 Å². The highest BCUT2D eigenvalue weighted by atomic mass is 16.1. The second-order valence-corrected chi connectivity index (χ2v) is 7.99. The van der Waals surface area contributed by atoms with Crippen LogP contribution in [0.5, 0.6) is 0 Å². The predicted octanol–water partition coefficient (Wildman–Crippen LogP) is 3.45. The van der Waals surface area contributed by atoms with Crippen molar-refractivity contribution in [1.29, 1.82) is 0 Å². The van der Waals surface area contributed by atoms with Gasteiger partial charge < -0.3 is 10.2 Å². The molecule has 0 atom stereocenters. The highest BCUT2D eigenvalue weighted by Gasteiger charge is 2.14. The van der Waals surface area contributed by atoms with Crippen LogP contribution in [0.25, 0.3) is 10.8 Å². The van der Waals surface area contributed by atoms with Crippen LogP contribution in [0.4, 0.5) is 0 Å². The topological polar surface area (TPSA) is 35.6 Å². The molecule has 1 N–H and O–H groups in total. The van der Waals surface area contributed by atoms with Crippen molar-refractivity contribution in [2.45, 2.75) is 19.5 Å². The molecule has 0 radical (unpaired) electrons. The monoisotopic (exact) mass is 387 g/mol. The Bertz CT molecular complexity index is 971. The van der Waals surface area contributed by atoms with Crippen LogP contribution in [0.15, 0.2) is 66.7 Å². The minimum absolute atomic E-state index is 0.0609.